The molecule has 1 rings (SSSR count). The van der Waals surface area contributed by atoms with Gasteiger partial charge >= 0.3 is 5.97 Å². The van der Waals surface area contributed by atoms with Gasteiger partial charge in [-0.05, 0) is 5.10 Å². The normalized spacial score (nSPS) is 8.69. The average Bonchev–Trinajstić information content (AvgIpc) is 2.29. The molecule has 0 aliphatic rings. The van der Waals surface area contributed by atoms with Crippen molar-refractivity contribution in [3.8, 4) is 0 Å². The van der Waals surface area contributed by atoms with E-state index >= 15 is 0 Å². The van der Waals surface area contributed by atoms with E-state index in [9.17, 15) is 9.59 Å². The fourth-order valence-corrected chi connectivity index (χ4v) is 0.815. The summed E-state index contributed by atoms with van der Waals surface area (Å²) in [6, 6.07) is 1.56. The summed E-state index contributed by atoms with van der Waals surface area (Å²) in [5.74, 6) is -1.52. The van der Waals surface area contributed by atoms with Gasteiger partial charge in [-0.15, -0.1) is 0 Å². The molecule has 6 nitrogen and oxygen atoms in total. The van der Waals surface area contributed by atoms with Crippen LogP contribution < -0.4 is 10.00 Å². The Morgan fingerprint density at radius 3 is 2.56 bits per heavy atom. The van der Waals surface area contributed by atoms with Crippen LogP contribution in [0.2, 0.25) is 0 Å². The monoisotopic (exact) mass is 226 g/mol. The number of aromatic nitrogens is 2. The number of hydrogen-bond acceptors (Lipinski definition) is 3. The standard InChI is InChI=1S/C8H9N3O3.C2H6/c1-11-3-2-6(4-10-11)8(14)9-5-7(12)13;1-2/h2-4H,5H2,1H3,(H-,9,12,13,14);1-2H3/p+1. The van der Waals surface area contributed by atoms with E-state index in [1.165, 1.54) is 10.9 Å². The summed E-state index contributed by atoms with van der Waals surface area (Å²) in [5, 5.41) is 14.4. The molecule has 1 aromatic rings. The maximum atomic E-state index is 11.2. The van der Waals surface area contributed by atoms with E-state index in [1.807, 2.05) is 13.8 Å². The molecule has 6 heteroatoms. The van der Waals surface area contributed by atoms with Gasteiger partial charge in [-0.1, -0.05) is 18.5 Å². The molecule has 1 aromatic heterocycles. The lowest BCUT2D eigenvalue weighted by atomic mass is 10.3. The lowest BCUT2D eigenvalue weighted by molar-refractivity contribution is -0.730. The van der Waals surface area contributed by atoms with E-state index < -0.39 is 11.9 Å². The predicted octanol–water partition coefficient (Wildman–Crippen LogP) is -0.253. The highest BCUT2D eigenvalue weighted by Crippen LogP contribution is 1.91. The van der Waals surface area contributed by atoms with Crippen LogP contribution in [0.25, 0.3) is 0 Å². The third-order valence-electron chi connectivity index (χ3n) is 1.51. The van der Waals surface area contributed by atoms with Crippen LogP contribution in [-0.4, -0.2) is 28.6 Å². The highest BCUT2D eigenvalue weighted by Gasteiger charge is 2.08. The molecule has 1 heterocycles. The van der Waals surface area contributed by atoms with Gasteiger partial charge in [0, 0.05) is 6.07 Å². The highest BCUT2D eigenvalue weighted by atomic mass is 16.4. The van der Waals surface area contributed by atoms with E-state index in [1.54, 1.807) is 19.3 Å². The second-order valence-corrected chi connectivity index (χ2v) is 2.67. The number of carboxylic acids is 1. The molecule has 0 aliphatic heterocycles. The number of carboxylic acid groups (broad SMARTS) is 1. The summed E-state index contributed by atoms with van der Waals surface area (Å²) in [6.45, 7) is 3.61. The largest absolute Gasteiger partial charge is 0.480 e. The summed E-state index contributed by atoms with van der Waals surface area (Å²) in [5.41, 5.74) is 0.337. The Kier molecular flexibility index (Phi) is 6.42. The van der Waals surface area contributed by atoms with Crippen LogP contribution in [0.15, 0.2) is 18.5 Å². The number of hydrogen-bond donors (Lipinski definition) is 2. The molecule has 0 aliphatic carbocycles. The van der Waals surface area contributed by atoms with Crippen LogP contribution in [0.1, 0.15) is 24.2 Å². The molecule has 0 saturated heterocycles. The van der Waals surface area contributed by atoms with Crippen molar-refractivity contribution in [2.24, 2.45) is 7.05 Å². The minimum atomic E-state index is -1.08. The third kappa shape index (κ3) is 5.04. The van der Waals surface area contributed by atoms with Crippen molar-refractivity contribution < 1.29 is 19.4 Å². The summed E-state index contributed by atoms with van der Waals surface area (Å²) in [6.07, 6.45) is 2.98. The first-order valence-corrected chi connectivity index (χ1v) is 4.91. The van der Waals surface area contributed by atoms with Crippen molar-refractivity contribution in [2.45, 2.75) is 13.8 Å². The number of aliphatic carboxylic acids is 1. The Balaban J connectivity index is 0.00000106. The van der Waals surface area contributed by atoms with Gasteiger partial charge < -0.3 is 10.4 Å². The van der Waals surface area contributed by atoms with E-state index in [4.69, 9.17) is 5.11 Å². The second kappa shape index (κ2) is 7.33. The fourth-order valence-electron chi connectivity index (χ4n) is 0.815. The smallest absolute Gasteiger partial charge is 0.322 e. The summed E-state index contributed by atoms with van der Waals surface area (Å²) >= 11 is 0. The molecule has 0 fully saturated rings. The van der Waals surface area contributed by atoms with Crippen LogP contribution in [0.5, 0.6) is 0 Å². The highest BCUT2D eigenvalue weighted by molar-refractivity contribution is 5.95. The van der Waals surface area contributed by atoms with Gasteiger partial charge in [0.05, 0.1) is 5.56 Å². The van der Waals surface area contributed by atoms with Crippen LogP contribution in [0.4, 0.5) is 0 Å². The third-order valence-corrected chi connectivity index (χ3v) is 1.51. The molecule has 88 valence electrons. The molecule has 0 saturated carbocycles. The summed E-state index contributed by atoms with van der Waals surface area (Å²) in [7, 11) is 1.72. The van der Waals surface area contributed by atoms with Crippen molar-refractivity contribution >= 4 is 11.9 Å². The van der Waals surface area contributed by atoms with Gasteiger partial charge in [0.25, 0.3) is 5.91 Å². The Morgan fingerprint density at radius 2 is 2.12 bits per heavy atom. The van der Waals surface area contributed by atoms with Gasteiger partial charge in [-0.25, -0.2) is 0 Å². The van der Waals surface area contributed by atoms with Gasteiger partial charge in [0.2, 0.25) is 0 Å². The Morgan fingerprint density at radius 1 is 1.50 bits per heavy atom. The number of carbonyl (C=O) groups is 2. The number of carbonyl (C=O) groups excluding carboxylic acids is 1. The summed E-state index contributed by atoms with van der Waals surface area (Å²) in [4.78, 5) is 21.4. The molecular weight excluding hydrogens is 210 g/mol. The predicted molar refractivity (Wildman–Crippen MR) is 56.7 cm³/mol. The number of amides is 1. The van der Waals surface area contributed by atoms with E-state index in [0.29, 0.717) is 5.56 Å². The van der Waals surface area contributed by atoms with E-state index in [-0.39, 0.29) is 6.54 Å². The molecule has 0 aromatic carbocycles. The molecule has 0 unspecified atom stereocenters. The first-order valence-electron chi connectivity index (χ1n) is 4.91. The zero-order valence-corrected chi connectivity index (χ0v) is 9.60. The molecule has 0 radical (unpaired) electrons. The lowest BCUT2D eigenvalue weighted by Gasteiger charge is -1.99. The lowest BCUT2D eigenvalue weighted by Crippen LogP contribution is -2.34. The van der Waals surface area contributed by atoms with Crippen molar-refractivity contribution in [3.63, 3.8) is 0 Å². The van der Waals surface area contributed by atoms with Crippen LogP contribution >= 0.6 is 0 Å². The number of rotatable bonds is 3. The molecule has 1 amide bonds. The van der Waals surface area contributed by atoms with Gasteiger partial charge in [0.1, 0.15) is 12.7 Å². The van der Waals surface area contributed by atoms with Gasteiger partial charge in [0.15, 0.2) is 13.2 Å². The Labute approximate surface area is 93.9 Å². The SMILES string of the molecule is CC.C[n+]1ccc(C(=O)NCC(=O)O)cn1. The quantitative estimate of drug-likeness (QED) is 0.696. The topological polar surface area (TPSA) is 83.2 Å². The Hall–Kier alpha value is -1.98. The molecular formula is C10H16N3O3+. The van der Waals surface area contributed by atoms with Gasteiger partial charge in [-0.2, -0.15) is 0 Å². The number of nitrogens with zero attached hydrogens (tertiary/aromatic N) is 2. The number of aryl methyl sites for hydroxylation is 1. The van der Waals surface area contributed by atoms with Crippen LogP contribution in [0, 0.1) is 0 Å². The van der Waals surface area contributed by atoms with Gasteiger partial charge in [-0.3, -0.25) is 9.59 Å². The first kappa shape index (κ1) is 14.0. The molecule has 0 atom stereocenters. The Bertz CT molecular complexity index is 349. The maximum Gasteiger partial charge on any atom is 0.322 e. The van der Waals surface area contributed by atoms with Crippen LogP contribution in [0.3, 0.4) is 0 Å². The number of nitrogens with one attached hydrogen (secondary N) is 1. The van der Waals surface area contributed by atoms with Crippen molar-refractivity contribution in [3.05, 3.63) is 24.0 Å². The fraction of sp³-hybridized carbons (Fsp3) is 0.400. The maximum absolute atomic E-state index is 11.2. The minimum absolute atomic E-state index is 0.337. The van der Waals surface area contributed by atoms with E-state index in [2.05, 4.69) is 10.4 Å². The minimum Gasteiger partial charge on any atom is -0.480 e. The zero-order chi connectivity index (χ0) is 12.6. The molecule has 2 N–H and O–H groups in total. The van der Waals surface area contributed by atoms with Crippen molar-refractivity contribution in [1.82, 2.24) is 10.4 Å². The summed E-state index contributed by atoms with van der Waals surface area (Å²) < 4.78 is 1.54. The average molecular weight is 226 g/mol. The molecule has 0 spiro atoms. The van der Waals surface area contributed by atoms with Crippen molar-refractivity contribution in [2.75, 3.05) is 6.54 Å². The second-order valence-electron chi connectivity index (χ2n) is 2.67. The van der Waals surface area contributed by atoms with Crippen molar-refractivity contribution in [1.29, 1.82) is 0 Å². The molecule has 16 heavy (non-hydrogen) atoms. The molecule has 0 bridgehead atoms. The first-order chi connectivity index (χ1) is 7.59. The van der Waals surface area contributed by atoms with E-state index in [0.717, 1.165) is 0 Å². The van der Waals surface area contributed by atoms with Crippen LogP contribution in [-0.2, 0) is 11.8 Å². The zero-order valence-electron chi connectivity index (χ0n) is 9.60.